The lowest BCUT2D eigenvalue weighted by Gasteiger charge is -2.06. The molecule has 0 aliphatic heterocycles. The second-order valence-electron chi connectivity index (χ2n) is 4.67. The zero-order chi connectivity index (χ0) is 13.0. The van der Waals surface area contributed by atoms with Gasteiger partial charge in [-0.1, -0.05) is 0 Å². The fourth-order valence-electron chi connectivity index (χ4n) is 1.69. The Bertz CT molecular complexity index is 479. The summed E-state index contributed by atoms with van der Waals surface area (Å²) in [5.74, 6) is 0.145. The minimum atomic E-state index is -3.16. The summed E-state index contributed by atoms with van der Waals surface area (Å²) >= 11 is 0. The van der Waals surface area contributed by atoms with Gasteiger partial charge in [-0.2, -0.15) is 5.10 Å². The van der Waals surface area contributed by atoms with Gasteiger partial charge in [-0.3, -0.25) is 4.68 Å². The fourth-order valence-corrected chi connectivity index (χ4v) is 2.63. The van der Waals surface area contributed by atoms with Crippen LogP contribution >= 0.6 is 0 Å². The maximum atomic E-state index is 11.7. The van der Waals surface area contributed by atoms with Gasteiger partial charge in [0.05, 0.1) is 11.4 Å². The minimum absolute atomic E-state index is 0.145. The minimum Gasteiger partial charge on any atom is -0.313 e. The van der Waals surface area contributed by atoms with E-state index >= 15 is 0 Å². The van der Waals surface area contributed by atoms with E-state index < -0.39 is 10.0 Å². The highest BCUT2D eigenvalue weighted by atomic mass is 32.2. The molecule has 0 atom stereocenters. The van der Waals surface area contributed by atoms with E-state index in [1.807, 2.05) is 19.3 Å². The molecule has 1 aliphatic carbocycles. The quantitative estimate of drug-likeness (QED) is 0.677. The van der Waals surface area contributed by atoms with Gasteiger partial charge in [0.25, 0.3) is 0 Å². The molecule has 0 spiro atoms. The Morgan fingerprint density at radius 1 is 1.44 bits per heavy atom. The maximum absolute atomic E-state index is 11.7. The normalized spacial score (nSPS) is 16.1. The standard InChI is InChI=1S/C11H20N4O2S/c1-15-8-5-11(14-15)4-6-13-18(16,17)9-7-12-10-2-3-10/h5,8,10,12-13H,2-4,6-7,9H2,1H3. The largest absolute Gasteiger partial charge is 0.313 e. The Kier molecular flexibility index (Phi) is 4.36. The van der Waals surface area contributed by atoms with Crippen LogP contribution in [-0.2, 0) is 23.5 Å². The van der Waals surface area contributed by atoms with Gasteiger partial charge in [-0.05, 0) is 18.9 Å². The van der Waals surface area contributed by atoms with Gasteiger partial charge in [0.15, 0.2) is 0 Å². The molecule has 1 heterocycles. The van der Waals surface area contributed by atoms with E-state index in [4.69, 9.17) is 0 Å². The third-order valence-electron chi connectivity index (χ3n) is 2.85. The summed E-state index contributed by atoms with van der Waals surface area (Å²) in [4.78, 5) is 0. The molecule has 102 valence electrons. The molecule has 2 rings (SSSR count). The molecule has 7 heteroatoms. The number of hydrogen-bond donors (Lipinski definition) is 2. The van der Waals surface area contributed by atoms with Crippen LogP contribution in [0.25, 0.3) is 0 Å². The van der Waals surface area contributed by atoms with Crippen LogP contribution in [-0.4, -0.2) is 43.1 Å². The molecule has 1 aliphatic rings. The molecule has 0 unspecified atom stereocenters. The first-order valence-electron chi connectivity index (χ1n) is 6.24. The molecule has 18 heavy (non-hydrogen) atoms. The first-order chi connectivity index (χ1) is 8.55. The zero-order valence-corrected chi connectivity index (χ0v) is 11.4. The van der Waals surface area contributed by atoms with Crippen LogP contribution in [0.5, 0.6) is 0 Å². The maximum Gasteiger partial charge on any atom is 0.212 e. The molecule has 0 amide bonds. The SMILES string of the molecule is Cn1ccc(CCNS(=O)(=O)CCNC2CC2)n1. The van der Waals surface area contributed by atoms with Gasteiger partial charge in [-0.25, -0.2) is 13.1 Å². The molecular weight excluding hydrogens is 252 g/mol. The van der Waals surface area contributed by atoms with Crippen molar-refractivity contribution in [3.05, 3.63) is 18.0 Å². The second kappa shape index (κ2) is 5.81. The molecule has 1 aromatic heterocycles. The number of sulfonamides is 1. The highest BCUT2D eigenvalue weighted by molar-refractivity contribution is 7.89. The van der Waals surface area contributed by atoms with E-state index in [9.17, 15) is 8.42 Å². The molecule has 1 fully saturated rings. The number of nitrogens with one attached hydrogen (secondary N) is 2. The number of aromatic nitrogens is 2. The zero-order valence-electron chi connectivity index (χ0n) is 10.6. The van der Waals surface area contributed by atoms with E-state index in [0.717, 1.165) is 5.69 Å². The van der Waals surface area contributed by atoms with Crippen LogP contribution in [0.15, 0.2) is 12.3 Å². The summed E-state index contributed by atoms with van der Waals surface area (Å²) in [6.45, 7) is 0.937. The van der Waals surface area contributed by atoms with Crippen molar-refractivity contribution in [1.82, 2.24) is 19.8 Å². The number of nitrogens with zero attached hydrogens (tertiary/aromatic N) is 2. The summed E-state index contributed by atoms with van der Waals surface area (Å²) in [6, 6.07) is 2.44. The highest BCUT2D eigenvalue weighted by Gasteiger charge is 2.21. The molecule has 0 aromatic carbocycles. The van der Waals surface area contributed by atoms with Crippen LogP contribution < -0.4 is 10.0 Å². The first-order valence-corrected chi connectivity index (χ1v) is 7.90. The predicted molar refractivity (Wildman–Crippen MR) is 69.7 cm³/mol. The molecule has 6 nitrogen and oxygen atoms in total. The van der Waals surface area contributed by atoms with E-state index in [0.29, 0.717) is 25.6 Å². The Balaban J connectivity index is 1.64. The molecule has 2 N–H and O–H groups in total. The summed E-state index contributed by atoms with van der Waals surface area (Å²) in [5.41, 5.74) is 0.899. The molecule has 0 radical (unpaired) electrons. The Hall–Kier alpha value is -0.920. The molecular formula is C11H20N4O2S. The first kappa shape index (κ1) is 13.5. The predicted octanol–water partition coefficient (Wildman–Crippen LogP) is -0.366. The van der Waals surface area contributed by atoms with Crippen molar-refractivity contribution in [2.45, 2.75) is 25.3 Å². The van der Waals surface area contributed by atoms with Crippen molar-refractivity contribution in [1.29, 1.82) is 0 Å². The molecule has 1 aromatic rings. The van der Waals surface area contributed by atoms with Crippen molar-refractivity contribution in [3.8, 4) is 0 Å². The third-order valence-corrected chi connectivity index (χ3v) is 4.24. The van der Waals surface area contributed by atoms with Crippen molar-refractivity contribution in [2.75, 3.05) is 18.8 Å². The van der Waals surface area contributed by atoms with Crippen LogP contribution in [0, 0.1) is 0 Å². The van der Waals surface area contributed by atoms with Crippen molar-refractivity contribution < 1.29 is 8.42 Å². The Morgan fingerprint density at radius 2 is 2.22 bits per heavy atom. The lowest BCUT2D eigenvalue weighted by Crippen LogP contribution is -2.33. The average molecular weight is 272 g/mol. The Morgan fingerprint density at radius 3 is 2.83 bits per heavy atom. The van der Waals surface area contributed by atoms with E-state index in [-0.39, 0.29) is 5.75 Å². The van der Waals surface area contributed by atoms with Crippen molar-refractivity contribution in [2.24, 2.45) is 7.05 Å². The van der Waals surface area contributed by atoms with Gasteiger partial charge < -0.3 is 5.32 Å². The van der Waals surface area contributed by atoms with Gasteiger partial charge in [0.2, 0.25) is 10.0 Å². The summed E-state index contributed by atoms with van der Waals surface area (Å²) in [5, 5.41) is 7.38. The van der Waals surface area contributed by atoms with Gasteiger partial charge in [-0.15, -0.1) is 0 Å². The van der Waals surface area contributed by atoms with Gasteiger partial charge in [0, 0.05) is 38.8 Å². The van der Waals surface area contributed by atoms with Crippen molar-refractivity contribution in [3.63, 3.8) is 0 Å². The number of hydrogen-bond acceptors (Lipinski definition) is 4. The van der Waals surface area contributed by atoms with Crippen molar-refractivity contribution >= 4 is 10.0 Å². The topological polar surface area (TPSA) is 76.0 Å². The van der Waals surface area contributed by atoms with E-state index in [2.05, 4.69) is 15.1 Å². The second-order valence-corrected chi connectivity index (χ2v) is 6.60. The summed E-state index contributed by atoms with van der Waals surface area (Å²) < 4.78 is 27.6. The smallest absolute Gasteiger partial charge is 0.212 e. The number of aryl methyl sites for hydroxylation is 1. The summed E-state index contributed by atoms with van der Waals surface area (Å²) in [6.07, 6.45) is 4.82. The third kappa shape index (κ3) is 4.75. The van der Waals surface area contributed by atoms with Gasteiger partial charge in [0.1, 0.15) is 0 Å². The molecule has 0 saturated heterocycles. The van der Waals surface area contributed by atoms with Crippen LogP contribution in [0.4, 0.5) is 0 Å². The molecule has 1 saturated carbocycles. The average Bonchev–Trinajstić information content (AvgIpc) is 3.01. The van der Waals surface area contributed by atoms with Crippen LogP contribution in [0.1, 0.15) is 18.5 Å². The van der Waals surface area contributed by atoms with Crippen LogP contribution in [0.2, 0.25) is 0 Å². The van der Waals surface area contributed by atoms with Gasteiger partial charge >= 0.3 is 0 Å². The highest BCUT2D eigenvalue weighted by Crippen LogP contribution is 2.17. The molecule has 0 bridgehead atoms. The lowest BCUT2D eigenvalue weighted by atomic mass is 10.3. The lowest BCUT2D eigenvalue weighted by molar-refractivity contribution is 0.576. The van der Waals surface area contributed by atoms with Crippen LogP contribution in [0.3, 0.4) is 0 Å². The summed E-state index contributed by atoms with van der Waals surface area (Å²) in [7, 11) is -1.32. The number of rotatable bonds is 8. The Labute approximate surface area is 108 Å². The fraction of sp³-hybridized carbons (Fsp3) is 0.727. The van der Waals surface area contributed by atoms with E-state index in [1.165, 1.54) is 12.8 Å². The monoisotopic (exact) mass is 272 g/mol. The van der Waals surface area contributed by atoms with E-state index in [1.54, 1.807) is 4.68 Å².